The van der Waals surface area contributed by atoms with Gasteiger partial charge in [-0.3, -0.25) is 4.72 Å². The van der Waals surface area contributed by atoms with Crippen LogP contribution in [0.15, 0.2) is 26.2 Å². The van der Waals surface area contributed by atoms with E-state index in [2.05, 4.69) is 20.7 Å². The molecule has 1 aromatic carbocycles. The molecule has 1 aliphatic rings. The molecule has 112 valence electrons. The van der Waals surface area contributed by atoms with Gasteiger partial charge in [-0.1, -0.05) is 11.6 Å². The van der Waals surface area contributed by atoms with Crippen LogP contribution >= 0.6 is 38.9 Å². The second kappa shape index (κ2) is 5.24. The van der Waals surface area contributed by atoms with Gasteiger partial charge in [0.25, 0.3) is 10.0 Å². The van der Waals surface area contributed by atoms with Crippen molar-refractivity contribution in [2.75, 3.05) is 17.2 Å². The van der Waals surface area contributed by atoms with Crippen molar-refractivity contribution in [2.24, 2.45) is 0 Å². The molecule has 6 nitrogen and oxygen atoms in total. The fraction of sp³-hybridized carbons (Fsp3) is 0.0909. The van der Waals surface area contributed by atoms with Gasteiger partial charge in [-0.25, -0.2) is 8.42 Å². The van der Waals surface area contributed by atoms with E-state index in [0.29, 0.717) is 20.3 Å². The number of hydrogen-bond donors (Lipinski definition) is 2. The number of nitrogens with two attached hydrogens (primary N) is 1. The lowest BCUT2D eigenvalue weighted by atomic mass is 10.2. The summed E-state index contributed by atoms with van der Waals surface area (Å²) in [5.74, 6) is 0.921. The highest BCUT2D eigenvalue weighted by atomic mass is 79.9. The van der Waals surface area contributed by atoms with Crippen molar-refractivity contribution in [1.82, 2.24) is 0 Å². The van der Waals surface area contributed by atoms with Gasteiger partial charge in [-0.2, -0.15) is 0 Å². The van der Waals surface area contributed by atoms with E-state index >= 15 is 0 Å². The molecule has 10 heteroatoms. The predicted molar refractivity (Wildman–Crippen MR) is 84.8 cm³/mol. The number of nitrogens with one attached hydrogen (secondary N) is 1. The van der Waals surface area contributed by atoms with Crippen molar-refractivity contribution in [3.63, 3.8) is 0 Å². The zero-order chi connectivity index (χ0) is 15.2. The summed E-state index contributed by atoms with van der Waals surface area (Å²) in [4.78, 5) is 0. The van der Waals surface area contributed by atoms with E-state index in [9.17, 15) is 8.42 Å². The zero-order valence-corrected chi connectivity index (χ0v) is 14.2. The minimum Gasteiger partial charge on any atom is -0.454 e. The van der Waals surface area contributed by atoms with Crippen molar-refractivity contribution < 1.29 is 17.9 Å². The van der Waals surface area contributed by atoms with Crippen LogP contribution in [0.5, 0.6) is 11.5 Å². The van der Waals surface area contributed by atoms with E-state index in [1.165, 1.54) is 18.2 Å². The highest BCUT2D eigenvalue weighted by Gasteiger charge is 2.22. The number of fused-ring (bicyclic) bond motifs is 1. The number of nitrogen functional groups attached to an aromatic ring is 1. The van der Waals surface area contributed by atoms with E-state index < -0.39 is 10.0 Å². The number of sulfonamides is 1. The fourth-order valence-corrected chi connectivity index (χ4v) is 5.18. The van der Waals surface area contributed by atoms with Crippen molar-refractivity contribution in [1.29, 1.82) is 0 Å². The summed E-state index contributed by atoms with van der Waals surface area (Å²) < 4.78 is 38.0. The van der Waals surface area contributed by atoms with Gasteiger partial charge in [0.15, 0.2) is 11.5 Å². The first kappa shape index (κ1) is 14.8. The van der Waals surface area contributed by atoms with Crippen LogP contribution in [0, 0.1) is 0 Å². The third-order valence-corrected chi connectivity index (χ3v) is 6.99. The van der Waals surface area contributed by atoms with Crippen molar-refractivity contribution in [2.45, 2.75) is 4.21 Å². The molecule has 0 bridgehead atoms. The average molecular weight is 412 g/mol. The summed E-state index contributed by atoms with van der Waals surface area (Å²) in [6, 6.07) is 4.36. The van der Waals surface area contributed by atoms with E-state index in [0.717, 1.165) is 11.3 Å². The van der Waals surface area contributed by atoms with Crippen LogP contribution in [-0.2, 0) is 10.0 Å². The highest BCUT2D eigenvalue weighted by Crippen LogP contribution is 2.40. The van der Waals surface area contributed by atoms with Gasteiger partial charge in [0.05, 0.1) is 20.2 Å². The molecule has 1 aliphatic heterocycles. The molecule has 0 unspecified atom stereocenters. The summed E-state index contributed by atoms with van der Waals surface area (Å²) in [7, 11) is -3.78. The Bertz CT molecular complexity index is 802. The van der Waals surface area contributed by atoms with Crippen molar-refractivity contribution >= 4 is 60.3 Å². The van der Waals surface area contributed by atoms with Gasteiger partial charge in [-0.15, -0.1) is 11.3 Å². The molecule has 0 saturated carbocycles. The Morgan fingerprint density at radius 2 is 1.95 bits per heavy atom. The molecule has 21 heavy (non-hydrogen) atoms. The van der Waals surface area contributed by atoms with Crippen LogP contribution in [0.25, 0.3) is 0 Å². The summed E-state index contributed by atoms with van der Waals surface area (Å²) >= 11 is 10.0. The van der Waals surface area contributed by atoms with Crippen molar-refractivity contribution in [3.05, 3.63) is 27.0 Å². The molecule has 2 aromatic rings. The lowest BCUT2D eigenvalue weighted by molar-refractivity contribution is 0.174. The van der Waals surface area contributed by atoms with Crippen LogP contribution in [0.1, 0.15) is 0 Å². The standard InChI is InChI=1S/C11H8BrClN2O4S2/c12-11-5(13)1-10(20-11)21(16,17)15-7-3-9-8(2-6(7)14)18-4-19-9/h1-3,15H,4,14H2. The first-order chi connectivity index (χ1) is 9.87. The molecule has 0 fully saturated rings. The number of hydrogen-bond acceptors (Lipinski definition) is 6. The maximum Gasteiger partial charge on any atom is 0.271 e. The molecular formula is C11H8BrClN2O4S2. The topological polar surface area (TPSA) is 90.7 Å². The second-order valence-corrected chi connectivity index (χ2v) is 8.77. The molecule has 2 heterocycles. The summed E-state index contributed by atoms with van der Waals surface area (Å²) in [6.45, 7) is 0.0818. The van der Waals surface area contributed by atoms with E-state index in [4.69, 9.17) is 26.8 Å². The number of ether oxygens (including phenoxy) is 2. The molecule has 3 N–H and O–H groups in total. The minimum atomic E-state index is -3.78. The number of rotatable bonds is 3. The lowest BCUT2D eigenvalue weighted by Crippen LogP contribution is -2.12. The van der Waals surface area contributed by atoms with Crippen LogP contribution in [0.4, 0.5) is 11.4 Å². The molecule has 0 amide bonds. The van der Waals surface area contributed by atoms with E-state index in [1.807, 2.05) is 0 Å². The van der Waals surface area contributed by atoms with Gasteiger partial charge >= 0.3 is 0 Å². The Morgan fingerprint density at radius 3 is 2.57 bits per heavy atom. The van der Waals surface area contributed by atoms with Crippen LogP contribution in [0.3, 0.4) is 0 Å². The summed E-state index contributed by atoms with van der Waals surface area (Å²) in [5, 5.41) is 0.332. The summed E-state index contributed by atoms with van der Waals surface area (Å²) in [6.07, 6.45) is 0. The predicted octanol–water partition coefficient (Wildman–Crippen LogP) is 3.28. The third kappa shape index (κ3) is 2.78. The average Bonchev–Trinajstić information content (AvgIpc) is 2.97. The molecule has 0 spiro atoms. The first-order valence-electron chi connectivity index (χ1n) is 5.53. The van der Waals surface area contributed by atoms with Gasteiger partial charge in [0.2, 0.25) is 6.79 Å². The quantitative estimate of drug-likeness (QED) is 0.756. The molecule has 3 rings (SSSR count). The maximum atomic E-state index is 12.3. The van der Waals surface area contributed by atoms with E-state index in [-0.39, 0.29) is 22.4 Å². The summed E-state index contributed by atoms with van der Waals surface area (Å²) in [5.41, 5.74) is 6.28. The van der Waals surface area contributed by atoms with Crippen LogP contribution in [0.2, 0.25) is 5.02 Å². The van der Waals surface area contributed by atoms with Gasteiger partial charge in [-0.05, 0) is 22.0 Å². The fourth-order valence-electron chi connectivity index (χ4n) is 1.70. The SMILES string of the molecule is Nc1cc2c(cc1NS(=O)(=O)c1cc(Cl)c(Br)s1)OCO2. The normalized spacial score (nSPS) is 13.4. The van der Waals surface area contributed by atoms with Crippen LogP contribution in [-0.4, -0.2) is 15.2 Å². The van der Waals surface area contributed by atoms with Gasteiger partial charge < -0.3 is 15.2 Å². The molecule has 0 atom stereocenters. The van der Waals surface area contributed by atoms with Crippen LogP contribution < -0.4 is 19.9 Å². The van der Waals surface area contributed by atoms with E-state index in [1.54, 1.807) is 0 Å². The Kier molecular flexibility index (Phi) is 3.68. The maximum absolute atomic E-state index is 12.3. The molecule has 0 saturated heterocycles. The number of halogens is 2. The van der Waals surface area contributed by atoms with Crippen molar-refractivity contribution in [3.8, 4) is 11.5 Å². The molecule has 0 radical (unpaired) electrons. The van der Waals surface area contributed by atoms with Gasteiger partial charge in [0, 0.05) is 12.1 Å². The molecular weight excluding hydrogens is 404 g/mol. The minimum absolute atomic E-state index is 0.0800. The van der Waals surface area contributed by atoms with Gasteiger partial charge in [0.1, 0.15) is 4.21 Å². The lowest BCUT2D eigenvalue weighted by Gasteiger charge is -2.10. The first-order valence-corrected chi connectivity index (χ1v) is 9.00. The monoisotopic (exact) mass is 410 g/mol. The molecule has 0 aliphatic carbocycles. The number of anilines is 2. The second-order valence-electron chi connectivity index (χ2n) is 4.09. The number of thiophene rings is 1. The Hall–Kier alpha value is -1.16. The smallest absolute Gasteiger partial charge is 0.271 e. The molecule has 1 aromatic heterocycles. The Labute approximate surface area is 138 Å². The Balaban J connectivity index is 1.96. The number of benzene rings is 1. The largest absolute Gasteiger partial charge is 0.454 e. The zero-order valence-electron chi connectivity index (χ0n) is 10.2. The highest BCUT2D eigenvalue weighted by molar-refractivity contribution is 9.11. The third-order valence-electron chi connectivity index (χ3n) is 2.68. The Morgan fingerprint density at radius 1 is 1.29 bits per heavy atom.